The van der Waals surface area contributed by atoms with Gasteiger partial charge in [0.15, 0.2) is 0 Å². The molecule has 0 aliphatic carbocycles. The standard InChI is InChI=1S/C7H14F3N/c1-5(2)6(3,4)11-7(8,9)10/h5,11H,1-4H3. The summed E-state index contributed by atoms with van der Waals surface area (Å²) in [7, 11) is 0. The van der Waals surface area contributed by atoms with E-state index in [4.69, 9.17) is 0 Å². The smallest absolute Gasteiger partial charge is 0.223 e. The summed E-state index contributed by atoms with van der Waals surface area (Å²) >= 11 is 0. The molecule has 1 nitrogen and oxygen atoms in total. The van der Waals surface area contributed by atoms with Crippen molar-refractivity contribution in [3.05, 3.63) is 0 Å². The predicted octanol–water partition coefficient (Wildman–Crippen LogP) is 2.53. The van der Waals surface area contributed by atoms with Crippen molar-refractivity contribution < 1.29 is 13.2 Å². The van der Waals surface area contributed by atoms with Crippen molar-refractivity contribution in [3.63, 3.8) is 0 Å². The minimum Gasteiger partial charge on any atom is -0.223 e. The van der Waals surface area contributed by atoms with E-state index in [0.717, 1.165) is 0 Å². The zero-order chi connectivity index (χ0) is 9.28. The van der Waals surface area contributed by atoms with Crippen molar-refractivity contribution in [3.8, 4) is 0 Å². The van der Waals surface area contributed by atoms with E-state index in [-0.39, 0.29) is 5.92 Å². The summed E-state index contributed by atoms with van der Waals surface area (Å²) in [5, 5.41) is 1.59. The summed E-state index contributed by atoms with van der Waals surface area (Å²) in [4.78, 5) is 0. The van der Waals surface area contributed by atoms with Crippen LogP contribution >= 0.6 is 0 Å². The molecule has 11 heavy (non-hydrogen) atoms. The van der Waals surface area contributed by atoms with Gasteiger partial charge in [-0.2, -0.15) is 13.2 Å². The van der Waals surface area contributed by atoms with Gasteiger partial charge in [0.25, 0.3) is 0 Å². The topological polar surface area (TPSA) is 12.0 Å². The average Bonchev–Trinajstić information content (AvgIpc) is 1.56. The van der Waals surface area contributed by atoms with Crippen LogP contribution in [-0.2, 0) is 0 Å². The molecule has 0 rings (SSSR count). The first-order valence-electron chi connectivity index (χ1n) is 3.51. The van der Waals surface area contributed by atoms with Gasteiger partial charge in [0.1, 0.15) is 0 Å². The normalized spacial score (nSPS) is 14.2. The van der Waals surface area contributed by atoms with Crippen LogP contribution in [0.25, 0.3) is 0 Å². The van der Waals surface area contributed by atoms with Crippen LogP contribution in [0.1, 0.15) is 27.7 Å². The molecule has 0 saturated heterocycles. The molecule has 0 unspecified atom stereocenters. The second kappa shape index (κ2) is 3.01. The van der Waals surface area contributed by atoms with Gasteiger partial charge in [-0.3, -0.25) is 0 Å². The van der Waals surface area contributed by atoms with E-state index in [1.165, 1.54) is 13.8 Å². The maximum atomic E-state index is 11.8. The van der Waals surface area contributed by atoms with Gasteiger partial charge in [-0.05, 0) is 19.8 Å². The molecule has 4 heteroatoms. The van der Waals surface area contributed by atoms with E-state index in [0.29, 0.717) is 0 Å². The van der Waals surface area contributed by atoms with Crippen molar-refractivity contribution in [1.82, 2.24) is 5.32 Å². The van der Waals surface area contributed by atoms with Gasteiger partial charge in [0, 0.05) is 5.54 Å². The molecule has 1 N–H and O–H groups in total. The Balaban J connectivity index is 4.13. The molecule has 0 bridgehead atoms. The van der Waals surface area contributed by atoms with Crippen LogP contribution in [0.15, 0.2) is 0 Å². The van der Waals surface area contributed by atoms with Gasteiger partial charge in [0.05, 0.1) is 0 Å². The summed E-state index contributed by atoms with van der Waals surface area (Å²) in [5.41, 5.74) is -0.891. The maximum Gasteiger partial charge on any atom is 0.457 e. The lowest BCUT2D eigenvalue weighted by Gasteiger charge is -2.31. The molecule has 0 fully saturated rings. The van der Waals surface area contributed by atoms with Crippen LogP contribution in [0, 0.1) is 5.92 Å². The van der Waals surface area contributed by atoms with Crippen LogP contribution in [-0.4, -0.2) is 11.8 Å². The van der Waals surface area contributed by atoms with Crippen molar-refractivity contribution >= 4 is 0 Å². The van der Waals surface area contributed by atoms with E-state index in [9.17, 15) is 13.2 Å². The van der Waals surface area contributed by atoms with Crippen molar-refractivity contribution in [2.24, 2.45) is 5.92 Å². The van der Waals surface area contributed by atoms with Gasteiger partial charge < -0.3 is 0 Å². The summed E-state index contributed by atoms with van der Waals surface area (Å²) in [6.07, 6.45) is -4.28. The monoisotopic (exact) mass is 169 g/mol. The second-order valence-electron chi connectivity index (χ2n) is 3.50. The average molecular weight is 169 g/mol. The third-order valence-electron chi connectivity index (χ3n) is 1.91. The predicted molar refractivity (Wildman–Crippen MR) is 38.1 cm³/mol. The van der Waals surface area contributed by atoms with Gasteiger partial charge in [-0.15, -0.1) is 0 Å². The Bertz CT molecular complexity index is 126. The molecular formula is C7H14F3N. The first-order chi connectivity index (χ1) is 4.65. The minimum absolute atomic E-state index is 0.0517. The molecule has 0 aromatic heterocycles. The summed E-state index contributed by atoms with van der Waals surface area (Å²) < 4.78 is 35.4. The number of rotatable bonds is 2. The van der Waals surface area contributed by atoms with Crippen molar-refractivity contribution in [2.45, 2.75) is 39.5 Å². The third-order valence-corrected chi connectivity index (χ3v) is 1.91. The van der Waals surface area contributed by atoms with Gasteiger partial charge >= 0.3 is 6.30 Å². The number of hydrogen-bond donors (Lipinski definition) is 1. The Hall–Kier alpha value is -0.250. The van der Waals surface area contributed by atoms with E-state index in [2.05, 4.69) is 0 Å². The Morgan fingerprint density at radius 1 is 1.09 bits per heavy atom. The quantitative estimate of drug-likeness (QED) is 0.626. The van der Waals surface area contributed by atoms with Gasteiger partial charge in [-0.1, -0.05) is 13.8 Å². The molecule has 0 amide bonds. The Morgan fingerprint density at radius 3 is 1.55 bits per heavy atom. The fourth-order valence-corrected chi connectivity index (χ4v) is 0.510. The van der Waals surface area contributed by atoms with Gasteiger partial charge in [-0.25, -0.2) is 5.32 Å². The third kappa shape index (κ3) is 4.24. The van der Waals surface area contributed by atoms with E-state index in [1.807, 2.05) is 0 Å². The highest BCUT2D eigenvalue weighted by molar-refractivity contribution is 4.81. The fourth-order valence-electron chi connectivity index (χ4n) is 0.510. The lowest BCUT2D eigenvalue weighted by molar-refractivity contribution is -0.176. The van der Waals surface area contributed by atoms with E-state index >= 15 is 0 Å². The molecule has 0 atom stereocenters. The SMILES string of the molecule is CC(C)C(C)(C)NC(F)(F)F. The molecule has 0 aromatic carbocycles. The highest BCUT2D eigenvalue weighted by atomic mass is 19.4. The molecule has 0 spiro atoms. The summed E-state index contributed by atoms with van der Waals surface area (Å²) in [5.74, 6) is -0.0517. The number of nitrogens with one attached hydrogen (secondary N) is 1. The van der Waals surface area contributed by atoms with Crippen LogP contribution in [0.5, 0.6) is 0 Å². The largest absolute Gasteiger partial charge is 0.457 e. The molecule has 0 aliphatic heterocycles. The van der Waals surface area contributed by atoms with Crippen LogP contribution in [0.2, 0.25) is 0 Å². The molecule has 0 radical (unpaired) electrons. The van der Waals surface area contributed by atoms with Crippen molar-refractivity contribution in [2.75, 3.05) is 0 Å². The Morgan fingerprint density at radius 2 is 1.45 bits per heavy atom. The highest BCUT2D eigenvalue weighted by Gasteiger charge is 2.36. The second-order valence-corrected chi connectivity index (χ2v) is 3.50. The van der Waals surface area contributed by atoms with Gasteiger partial charge in [0.2, 0.25) is 0 Å². The highest BCUT2D eigenvalue weighted by Crippen LogP contribution is 2.22. The number of halogens is 3. The fraction of sp³-hybridized carbons (Fsp3) is 1.00. The Labute approximate surface area is 65.0 Å². The number of alkyl halides is 3. The van der Waals surface area contributed by atoms with E-state index < -0.39 is 11.8 Å². The molecular weight excluding hydrogens is 155 g/mol. The Kier molecular flexibility index (Phi) is 2.94. The molecule has 68 valence electrons. The molecule has 0 aromatic rings. The summed E-state index contributed by atoms with van der Waals surface area (Å²) in [6.45, 7) is 6.56. The zero-order valence-corrected chi connectivity index (χ0v) is 7.21. The minimum atomic E-state index is -4.28. The zero-order valence-electron chi connectivity index (χ0n) is 7.21. The number of hydrogen-bond acceptors (Lipinski definition) is 1. The lowest BCUT2D eigenvalue weighted by Crippen LogP contribution is -2.51. The van der Waals surface area contributed by atoms with Crippen molar-refractivity contribution in [1.29, 1.82) is 0 Å². The van der Waals surface area contributed by atoms with Crippen LogP contribution in [0.4, 0.5) is 13.2 Å². The van der Waals surface area contributed by atoms with Crippen LogP contribution in [0.3, 0.4) is 0 Å². The maximum absolute atomic E-state index is 11.8. The molecule has 0 saturated carbocycles. The lowest BCUT2D eigenvalue weighted by atomic mass is 9.91. The summed E-state index contributed by atoms with van der Waals surface area (Å²) in [6, 6.07) is 0. The van der Waals surface area contributed by atoms with E-state index in [1.54, 1.807) is 19.2 Å². The molecule has 0 heterocycles. The van der Waals surface area contributed by atoms with Crippen LogP contribution < -0.4 is 5.32 Å². The molecule has 0 aliphatic rings. The first-order valence-corrected chi connectivity index (χ1v) is 3.51. The first kappa shape index (κ1) is 10.8.